The first kappa shape index (κ1) is 12.8. The van der Waals surface area contributed by atoms with Crippen LogP contribution in [0.1, 0.15) is 47.8 Å². The Labute approximate surface area is 118 Å². The van der Waals surface area contributed by atoms with Crippen molar-refractivity contribution in [3.05, 3.63) is 47.8 Å². The molecule has 0 saturated heterocycles. The van der Waals surface area contributed by atoms with E-state index in [-0.39, 0.29) is 11.9 Å². The highest BCUT2D eigenvalue weighted by atomic mass is 16.2. The van der Waals surface area contributed by atoms with E-state index in [9.17, 15) is 4.79 Å². The lowest BCUT2D eigenvalue weighted by atomic mass is 10.2. The molecule has 0 unspecified atom stereocenters. The van der Waals surface area contributed by atoms with Gasteiger partial charge in [-0.1, -0.05) is 6.07 Å². The van der Waals surface area contributed by atoms with Crippen LogP contribution >= 0.6 is 0 Å². The SMILES string of the molecule is C[C@@H](NC(=O)c1cn2c(n1)CCCC2)c1ccccn1. The Morgan fingerprint density at radius 2 is 2.30 bits per heavy atom. The van der Waals surface area contributed by atoms with Crippen molar-refractivity contribution in [2.45, 2.75) is 38.8 Å². The number of pyridine rings is 1. The smallest absolute Gasteiger partial charge is 0.272 e. The normalized spacial score (nSPS) is 15.4. The van der Waals surface area contributed by atoms with Crippen LogP contribution in [0, 0.1) is 0 Å². The van der Waals surface area contributed by atoms with Gasteiger partial charge < -0.3 is 9.88 Å². The van der Waals surface area contributed by atoms with E-state index in [1.807, 2.05) is 31.3 Å². The summed E-state index contributed by atoms with van der Waals surface area (Å²) in [7, 11) is 0. The van der Waals surface area contributed by atoms with Gasteiger partial charge in [0.05, 0.1) is 11.7 Å². The summed E-state index contributed by atoms with van der Waals surface area (Å²) in [6, 6.07) is 5.56. The highest BCUT2D eigenvalue weighted by Gasteiger charge is 2.18. The number of nitrogens with one attached hydrogen (secondary N) is 1. The van der Waals surface area contributed by atoms with E-state index in [1.54, 1.807) is 6.20 Å². The van der Waals surface area contributed by atoms with Gasteiger partial charge in [-0.05, 0) is 31.9 Å². The molecule has 1 aliphatic rings. The number of rotatable bonds is 3. The Morgan fingerprint density at radius 3 is 3.05 bits per heavy atom. The molecule has 2 aromatic rings. The zero-order valence-electron chi connectivity index (χ0n) is 11.5. The fraction of sp³-hybridized carbons (Fsp3) is 0.400. The number of hydrogen-bond acceptors (Lipinski definition) is 3. The van der Waals surface area contributed by atoms with Gasteiger partial charge in [0, 0.05) is 25.4 Å². The van der Waals surface area contributed by atoms with E-state index >= 15 is 0 Å². The van der Waals surface area contributed by atoms with Crippen LogP contribution in [0.2, 0.25) is 0 Å². The second kappa shape index (κ2) is 5.45. The first-order valence-corrected chi connectivity index (χ1v) is 7.02. The van der Waals surface area contributed by atoms with Gasteiger partial charge in [0.1, 0.15) is 11.5 Å². The van der Waals surface area contributed by atoms with Crippen LogP contribution in [-0.4, -0.2) is 20.4 Å². The summed E-state index contributed by atoms with van der Waals surface area (Å²) in [6.07, 6.45) is 6.86. The lowest BCUT2D eigenvalue weighted by Gasteiger charge is -2.12. The fourth-order valence-corrected chi connectivity index (χ4v) is 2.50. The number of imidazole rings is 1. The molecule has 0 saturated carbocycles. The Hall–Kier alpha value is -2.17. The average Bonchev–Trinajstić information content (AvgIpc) is 2.92. The molecule has 0 spiro atoms. The maximum Gasteiger partial charge on any atom is 0.272 e. The third-order valence-electron chi connectivity index (χ3n) is 3.62. The molecular formula is C15H18N4O. The standard InChI is InChI=1S/C15H18N4O/c1-11(12-6-2-4-8-16-12)17-15(20)13-10-19-9-5-3-7-14(19)18-13/h2,4,6,8,10-11H,3,5,7,9H2,1H3,(H,17,20)/t11-/m1/s1. The van der Waals surface area contributed by atoms with Gasteiger partial charge in [-0.3, -0.25) is 9.78 Å². The summed E-state index contributed by atoms with van der Waals surface area (Å²) >= 11 is 0. The highest BCUT2D eigenvalue weighted by Crippen LogP contribution is 2.15. The minimum atomic E-state index is -0.134. The van der Waals surface area contributed by atoms with Crippen molar-refractivity contribution >= 4 is 5.91 Å². The van der Waals surface area contributed by atoms with Crippen molar-refractivity contribution in [2.24, 2.45) is 0 Å². The van der Waals surface area contributed by atoms with Crippen molar-refractivity contribution in [1.29, 1.82) is 0 Å². The van der Waals surface area contributed by atoms with E-state index in [4.69, 9.17) is 0 Å². The van der Waals surface area contributed by atoms with Crippen LogP contribution in [0.25, 0.3) is 0 Å². The van der Waals surface area contributed by atoms with E-state index in [2.05, 4.69) is 19.9 Å². The van der Waals surface area contributed by atoms with Crippen molar-refractivity contribution in [2.75, 3.05) is 0 Å². The topological polar surface area (TPSA) is 59.8 Å². The molecule has 3 heterocycles. The van der Waals surface area contributed by atoms with Gasteiger partial charge >= 0.3 is 0 Å². The first-order valence-electron chi connectivity index (χ1n) is 7.02. The van der Waals surface area contributed by atoms with Crippen LogP contribution < -0.4 is 5.32 Å². The zero-order chi connectivity index (χ0) is 13.9. The molecule has 3 rings (SSSR count). The lowest BCUT2D eigenvalue weighted by molar-refractivity contribution is 0.0934. The molecule has 5 nitrogen and oxygen atoms in total. The molecule has 104 valence electrons. The maximum absolute atomic E-state index is 12.2. The summed E-state index contributed by atoms with van der Waals surface area (Å²) in [5, 5.41) is 2.94. The van der Waals surface area contributed by atoms with E-state index in [0.29, 0.717) is 5.69 Å². The van der Waals surface area contributed by atoms with E-state index < -0.39 is 0 Å². The molecule has 0 aromatic carbocycles. The van der Waals surface area contributed by atoms with E-state index in [0.717, 1.165) is 37.3 Å². The first-order chi connectivity index (χ1) is 9.74. The fourth-order valence-electron chi connectivity index (χ4n) is 2.50. The van der Waals surface area contributed by atoms with Crippen molar-refractivity contribution in [3.8, 4) is 0 Å². The number of hydrogen-bond donors (Lipinski definition) is 1. The molecule has 0 bridgehead atoms. The Bertz CT molecular complexity index is 582. The number of carbonyl (C=O) groups excluding carboxylic acids is 1. The van der Waals surface area contributed by atoms with Crippen LogP contribution in [-0.2, 0) is 13.0 Å². The molecule has 2 aromatic heterocycles. The second-order valence-corrected chi connectivity index (χ2v) is 5.14. The molecule has 0 radical (unpaired) electrons. The third-order valence-corrected chi connectivity index (χ3v) is 3.62. The molecule has 1 N–H and O–H groups in total. The Morgan fingerprint density at radius 1 is 1.40 bits per heavy atom. The summed E-state index contributed by atoms with van der Waals surface area (Å²) in [4.78, 5) is 20.9. The molecule has 0 fully saturated rings. The highest BCUT2D eigenvalue weighted by molar-refractivity contribution is 5.92. The Balaban J connectivity index is 1.71. The molecule has 1 amide bonds. The number of nitrogens with zero attached hydrogens (tertiary/aromatic N) is 3. The molecule has 20 heavy (non-hydrogen) atoms. The summed E-state index contributed by atoms with van der Waals surface area (Å²) in [5.41, 5.74) is 1.36. The monoisotopic (exact) mass is 270 g/mol. The Kier molecular flexibility index (Phi) is 3.50. The summed E-state index contributed by atoms with van der Waals surface area (Å²) in [6.45, 7) is 2.89. The van der Waals surface area contributed by atoms with Gasteiger partial charge in [0.15, 0.2) is 0 Å². The molecule has 0 aliphatic carbocycles. The van der Waals surface area contributed by atoms with Gasteiger partial charge in [-0.25, -0.2) is 4.98 Å². The number of aryl methyl sites for hydroxylation is 2. The average molecular weight is 270 g/mol. The number of fused-ring (bicyclic) bond motifs is 1. The van der Waals surface area contributed by atoms with Gasteiger partial charge in [-0.2, -0.15) is 0 Å². The van der Waals surface area contributed by atoms with Crippen molar-refractivity contribution < 1.29 is 4.79 Å². The lowest BCUT2D eigenvalue weighted by Crippen LogP contribution is -2.27. The van der Waals surface area contributed by atoms with Crippen LogP contribution in [0.5, 0.6) is 0 Å². The van der Waals surface area contributed by atoms with Crippen molar-refractivity contribution in [1.82, 2.24) is 19.9 Å². The number of carbonyl (C=O) groups is 1. The summed E-state index contributed by atoms with van der Waals surface area (Å²) < 4.78 is 2.09. The summed E-state index contributed by atoms with van der Waals surface area (Å²) in [5.74, 6) is 0.886. The molecule has 1 aliphatic heterocycles. The molecular weight excluding hydrogens is 252 g/mol. The number of aromatic nitrogens is 3. The van der Waals surface area contributed by atoms with Gasteiger partial charge in [0.25, 0.3) is 5.91 Å². The minimum absolute atomic E-state index is 0.123. The predicted octanol–water partition coefficient (Wildman–Crippen LogP) is 2.11. The van der Waals surface area contributed by atoms with Gasteiger partial charge in [-0.15, -0.1) is 0 Å². The van der Waals surface area contributed by atoms with Crippen LogP contribution in [0.3, 0.4) is 0 Å². The maximum atomic E-state index is 12.2. The van der Waals surface area contributed by atoms with Crippen LogP contribution in [0.4, 0.5) is 0 Å². The molecule has 5 heteroatoms. The second-order valence-electron chi connectivity index (χ2n) is 5.14. The zero-order valence-corrected chi connectivity index (χ0v) is 11.5. The predicted molar refractivity (Wildman–Crippen MR) is 75.3 cm³/mol. The van der Waals surface area contributed by atoms with E-state index in [1.165, 1.54) is 0 Å². The van der Waals surface area contributed by atoms with Crippen molar-refractivity contribution in [3.63, 3.8) is 0 Å². The molecule has 1 atom stereocenters. The van der Waals surface area contributed by atoms with Crippen LogP contribution in [0.15, 0.2) is 30.6 Å². The third kappa shape index (κ3) is 2.57. The largest absolute Gasteiger partial charge is 0.343 e. The van der Waals surface area contributed by atoms with Gasteiger partial charge in [0.2, 0.25) is 0 Å². The number of amides is 1. The minimum Gasteiger partial charge on any atom is -0.343 e. The quantitative estimate of drug-likeness (QED) is 0.929.